The molecule has 0 fully saturated rings. The number of nitriles is 1. The minimum atomic E-state index is -0.353. The summed E-state index contributed by atoms with van der Waals surface area (Å²) in [6, 6.07) is 16.0. The largest absolute Gasteiger partial charge is 0.427 e. The van der Waals surface area contributed by atoms with Crippen LogP contribution in [-0.4, -0.2) is 18.4 Å². The predicted molar refractivity (Wildman–Crippen MR) is 84.1 cm³/mol. The fourth-order valence-corrected chi connectivity index (χ4v) is 1.63. The summed E-state index contributed by atoms with van der Waals surface area (Å²) >= 11 is 0. The van der Waals surface area contributed by atoms with Gasteiger partial charge in [-0.05, 0) is 47.5 Å². The molecule has 5 heteroatoms. The van der Waals surface area contributed by atoms with Crippen molar-refractivity contribution in [3.8, 4) is 11.8 Å². The first kappa shape index (κ1) is 15.1. The van der Waals surface area contributed by atoms with Crippen LogP contribution in [0.25, 0.3) is 0 Å². The Hall–Kier alpha value is -3.26. The highest BCUT2D eigenvalue weighted by molar-refractivity contribution is 5.83. The van der Waals surface area contributed by atoms with E-state index in [9.17, 15) is 4.79 Å². The SMILES string of the molecule is CC(=O)Oc1ccc(/C=N/N=C/c2ccc(C#N)cc2)cc1. The van der Waals surface area contributed by atoms with Crippen molar-refractivity contribution in [1.29, 1.82) is 5.26 Å². The molecule has 0 radical (unpaired) electrons. The zero-order valence-electron chi connectivity index (χ0n) is 11.9. The van der Waals surface area contributed by atoms with Gasteiger partial charge in [-0.15, -0.1) is 0 Å². The molecule has 2 aromatic rings. The maximum absolute atomic E-state index is 10.8. The second kappa shape index (κ2) is 7.50. The number of hydrogen-bond acceptors (Lipinski definition) is 5. The fourth-order valence-electron chi connectivity index (χ4n) is 1.63. The Bertz CT molecular complexity index is 739. The van der Waals surface area contributed by atoms with Crippen LogP contribution in [0.1, 0.15) is 23.6 Å². The Morgan fingerprint density at radius 3 is 1.95 bits per heavy atom. The van der Waals surface area contributed by atoms with E-state index in [1.807, 2.05) is 0 Å². The first-order valence-corrected chi connectivity index (χ1v) is 6.52. The molecule has 0 spiro atoms. The third-order valence-electron chi connectivity index (χ3n) is 2.66. The van der Waals surface area contributed by atoms with Gasteiger partial charge in [0.15, 0.2) is 0 Å². The molecule has 2 rings (SSSR count). The molecule has 108 valence electrons. The highest BCUT2D eigenvalue weighted by Gasteiger charge is 1.96. The summed E-state index contributed by atoms with van der Waals surface area (Å²) in [6.07, 6.45) is 3.20. The number of carbonyl (C=O) groups excluding carboxylic acids is 1. The van der Waals surface area contributed by atoms with Crippen LogP contribution < -0.4 is 4.74 Å². The van der Waals surface area contributed by atoms with E-state index in [0.717, 1.165) is 11.1 Å². The highest BCUT2D eigenvalue weighted by Crippen LogP contribution is 2.11. The summed E-state index contributed by atoms with van der Waals surface area (Å²) in [6.45, 7) is 1.35. The summed E-state index contributed by atoms with van der Waals surface area (Å²) < 4.78 is 4.94. The lowest BCUT2D eigenvalue weighted by Crippen LogP contribution is -2.00. The van der Waals surface area contributed by atoms with Crippen LogP contribution in [0.2, 0.25) is 0 Å². The van der Waals surface area contributed by atoms with Crippen molar-refractivity contribution in [3.05, 3.63) is 65.2 Å². The van der Waals surface area contributed by atoms with Gasteiger partial charge in [-0.2, -0.15) is 15.5 Å². The van der Waals surface area contributed by atoms with Gasteiger partial charge < -0.3 is 4.74 Å². The van der Waals surface area contributed by atoms with E-state index in [1.165, 1.54) is 6.92 Å². The van der Waals surface area contributed by atoms with Crippen molar-refractivity contribution in [3.63, 3.8) is 0 Å². The van der Waals surface area contributed by atoms with Crippen molar-refractivity contribution in [2.45, 2.75) is 6.92 Å². The molecule has 0 aliphatic heterocycles. The maximum Gasteiger partial charge on any atom is 0.308 e. The van der Waals surface area contributed by atoms with Crippen molar-refractivity contribution in [2.24, 2.45) is 10.2 Å². The summed E-state index contributed by atoms with van der Waals surface area (Å²) in [4.78, 5) is 10.8. The number of benzene rings is 2. The molecule has 0 heterocycles. The van der Waals surface area contributed by atoms with Gasteiger partial charge in [-0.3, -0.25) is 4.79 Å². The highest BCUT2D eigenvalue weighted by atomic mass is 16.5. The van der Waals surface area contributed by atoms with Gasteiger partial charge in [0.1, 0.15) is 5.75 Å². The normalized spacial score (nSPS) is 10.7. The van der Waals surface area contributed by atoms with Gasteiger partial charge >= 0.3 is 5.97 Å². The van der Waals surface area contributed by atoms with Crippen molar-refractivity contribution in [2.75, 3.05) is 0 Å². The molecule has 0 unspecified atom stereocenters. The fraction of sp³-hybridized carbons (Fsp3) is 0.0588. The molecule has 0 N–H and O–H groups in total. The molecule has 0 aliphatic rings. The number of rotatable bonds is 4. The lowest BCUT2D eigenvalue weighted by Gasteiger charge is -2.00. The van der Waals surface area contributed by atoms with Gasteiger partial charge in [0.25, 0.3) is 0 Å². The molecule has 0 atom stereocenters. The molecule has 2 aromatic carbocycles. The van der Waals surface area contributed by atoms with Gasteiger partial charge in [-0.25, -0.2) is 0 Å². The molecule has 0 bridgehead atoms. The third kappa shape index (κ3) is 4.69. The second-order valence-corrected chi connectivity index (χ2v) is 4.39. The second-order valence-electron chi connectivity index (χ2n) is 4.39. The smallest absolute Gasteiger partial charge is 0.308 e. The average molecular weight is 291 g/mol. The van der Waals surface area contributed by atoms with Crippen LogP contribution in [0.3, 0.4) is 0 Å². The Balaban J connectivity index is 1.95. The van der Waals surface area contributed by atoms with Gasteiger partial charge in [-0.1, -0.05) is 12.1 Å². The van der Waals surface area contributed by atoms with E-state index in [4.69, 9.17) is 10.00 Å². The number of esters is 1. The number of carbonyl (C=O) groups is 1. The van der Waals surface area contributed by atoms with Crippen LogP contribution in [-0.2, 0) is 4.79 Å². The molecular weight excluding hydrogens is 278 g/mol. The zero-order chi connectivity index (χ0) is 15.8. The monoisotopic (exact) mass is 291 g/mol. The maximum atomic E-state index is 10.8. The lowest BCUT2D eigenvalue weighted by atomic mass is 10.2. The topological polar surface area (TPSA) is 74.8 Å². The summed E-state index contributed by atoms with van der Waals surface area (Å²) in [5.41, 5.74) is 2.31. The van der Waals surface area contributed by atoms with E-state index in [2.05, 4.69) is 16.3 Å². The average Bonchev–Trinajstić information content (AvgIpc) is 2.53. The first-order chi connectivity index (χ1) is 10.7. The predicted octanol–water partition coefficient (Wildman–Crippen LogP) is 2.94. The van der Waals surface area contributed by atoms with Crippen LogP contribution in [0.4, 0.5) is 0 Å². The first-order valence-electron chi connectivity index (χ1n) is 6.52. The lowest BCUT2D eigenvalue weighted by molar-refractivity contribution is -0.131. The van der Waals surface area contributed by atoms with E-state index >= 15 is 0 Å². The summed E-state index contributed by atoms with van der Waals surface area (Å²) in [5.74, 6) is 0.138. The quantitative estimate of drug-likeness (QED) is 0.376. The third-order valence-corrected chi connectivity index (χ3v) is 2.66. The minimum Gasteiger partial charge on any atom is -0.427 e. The minimum absolute atomic E-state index is 0.353. The summed E-state index contributed by atoms with van der Waals surface area (Å²) in [5, 5.41) is 16.6. The van der Waals surface area contributed by atoms with E-state index < -0.39 is 0 Å². The Morgan fingerprint density at radius 2 is 1.50 bits per heavy atom. The zero-order valence-corrected chi connectivity index (χ0v) is 11.9. The number of ether oxygens (including phenoxy) is 1. The molecular formula is C17H13N3O2. The van der Waals surface area contributed by atoms with Crippen molar-refractivity contribution in [1.82, 2.24) is 0 Å². The van der Waals surface area contributed by atoms with Crippen LogP contribution >= 0.6 is 0 Å². The standard InChI is InChI=1S/C17H13N3O2/c1-13(21)22-17-8-6-16(7-9-17)12-20-19-11-15-4-2-14(10-18)3-5-15/h2-9,11-12H,1H3/b19-11+,20-12+. The van der Waals surface area contributed by atoms with Gasteiger partial charge in [0.2, 0.25) is 0 Å². The van der Waals surface area contributed by atoms with Crippen LogP contribution in [0.15, 0.2) is 58.7 Å². The van der Waals surface area contributed by atoms with Crippen molar-refractivity contribution >= 4 is 18.4 Å². The Labute approximate surface area is 128 Å². The van der Waals surface area contributed by atoms with E-state index in [0.29, 0.717) is 11.3 Å². The number of hydrogen-bond donors (Lipinski definition) is 0. The molecule has 0 aliphatic carbocycles. The molecule has 0 saturated carbocycles. The Morgan fingerprint density at radius 1 is 1.00 bits per heavy atom. The molecule has 5 nitrogen and oxygen atoms in total. The molecule has 0 saturated heterocycles. The van der Waals surface area contributed by atoms with Crippen LogP contribution in [0.5, 0.6) is 5.75 Å². The number of nitrogens with zero attached hydrogens (tertiary/aromatic N) is 3. The van der Waals surface area contributed by atoms with Crippen molar-refractivity contribution < 1.29 is 9.53 Å². The van der Waals surface area contributed by atoms with Gasteiger partial charge in [0, 0.05) is 6.92 Å². The molecule has 0 aromatic heterocycles. The van der Waals surface area contributed by atoms with E-state index in [-0.39, 0.29) is 5.97 Å². The summed E-state index contributed by atoms with van der Waals surface area (Å²) in [7, 11) is 0. The van der Waals surface area contributed by atoms with E-state index in [1.54, 1.807) is 61.0 Å². The Kier molecular flexibility index (Phi) is 5.16. The van der Waals surface area contributed by atoms with Gasteiger partial charge in [0.05, 0.1) is 24.1 Å². The van der Waals surface area contributed by atoms with Crippen LogP contribution in [0, 0.1) is 11.3 Å². The molecule has 0 amide bonds. The molecule has 22 heavy (non-hydrogen) atoms.